The fourth-order valence-corrected chi connectivity index (χ4v) is 1.97. The van der Waals surface area contributed by atoms with E-state index >= 15 is 0 Å². The highest BCUT2D eigenvalue weighted by Crippen LogP contribution is 2.46. The molecule has 80 valence electrons. The zero-order chi connectivity index (χ0) is 11.1. The van der Waals surface area contributed by atoms with Gasteiger partial charge in [0.05, 0.1) is 0 Å². The van der Waals surface area contributed by atoms with E-state index in [1.165, 1.54) is 16.7 Å². The third-order valence-electron chi connectivity index (χ3n) is 3.65. The van der Waals surface area contributed by atoms with E-state index in [0.717, 1.165) is 12.8 Å². The van der Waals surface area contributed by atoms with Crippen molar-refractivity contribution in [1.82, 2.24) is 0 Å². The van der Waals surface area contributed by atoms with Gasteiger partial charge in [-0.1, -0.05) is 25.1 Å². The van der Waals surface area contributed by atoms with Gasteiger partial charge in [0, 0.05) is 11.8 Å². The van der Waals surface area contributed by atoms with Gasteiger partial charge in [-0.2, -0.15) is 0 Å². The van der Waals surface area contributed by atoms with Gasteiger partial charge < -0.3 is 0 Å². The highest BCUT2D eigenvalue weighted by molar-refractivity contribution is 5.89. The lowest BCUT2D eigenvalue weighted by Gasteiger charge is -2.11. The van der Waals surface area contributed by atoms with E-state index in [4.69, 9.17) is 0 Å². The molecule has 2 rings (SSSR count). The van der Waals surface area contributed by atoms with Crippen molar-refractivity contribution >= 4 is 5.78 Å². The van der Waals surface area contributed by atoms with Gasteiger partial charge in [0.15, 0.2) is 0 Å². The van der Waals surface area contributed by atoms with E-state index in [1.807, 2.05) is 0 Å². The summed E-state index contributed by atoms with van der Waals surface area (Å²) in [4.78, 5) is 12.0. The minimum Gasteiger partial charge on any atom is -0.299 e. The average Bonchev–Trinajstić information content (AvgIpc) is 2.91. The second kappa shape index (κ2) is 3.48. The number of carbonyl (C=O) groups excluding carboxylic acids is 1. The van der Waals surface area contributed by atoms with Crippen LogP contribution < -0.4 is 0 Å². The average molecular weight is 202 g/mol. The van der Waals surface area contributed by atoms with Gasteiger partial charge in [0.1, 0.15) is 5.78 Å². The van der Waals surface area contributed by atoms with E-state index in [-0.39, 0.29) is 5.41 Å². The van der Waals surface area contributed by atoms with Crippen LogP contribution in [0.4, 0.5) is 0 Å². The van der Waals surface area contributed by atoms with Crippen LogP contribution in [0.25, 0.3) is 0 Å². The molecule has 0 atom stereocenters. The molecule has 1 aliphatic carbocycles. The molecule has 1 saturated carbocycles. The van der Waals surface area contributed by atoms with E-state index < -0.39 is 0 Å². The van der Waals surface area contributed by atoms with E-state index in [0.29, 0.717) is 12.2 Å². The largest absolute Gasteiger partial charge is 0.299 e. The molecule has 1 heteroatoms. The van der Waals surface area contributed by atoms with Gasteiger partial charge in [0.2, 0.25) is 0 Å². The Balaban J connectivity index is 2.20. The summed E-state index contributed by atoms with van der Waals surface area (Å²) in [5.41, 5.74) is 3.73. The van der Waals surface area contributed by atoms with Gasteiger partial charge in [-0.3, -0.25) is 4.79 Å². The van der Waals surface area contributed by atoms with Crippen molar-refractivity contribution in [2.75, 3.05) is 0 Å². The lowest BCUT2D eigenvalue weighted by Crippen LogP contribution is -2.15. The zero-order valence-corrected chi connectivity index (χ0v) is 9.76. The molecule has 0 heterocycles. The number of ketones is 1. The van der Waals surface area contributed by atoms with Crippen molar-refractivity contribution in [2.45, 2.75) is 40.0 Å². The summed E-state index contributed by atoms with van der Waals surface area (Å²) in [5.74, 6) is 0.417. The summed E-state index contributed by atoms with van der Waals surface area (Å²) < 4.78 is 0. The Morgan fingerprint density at radius 3 is 2.27 bits per heavy atom. The van der Waals surface area contributed by atoms with Crippen LogP contribution in [0.2, 0.25) is 0 Å². The van der Waals surface area contributed by atoms with Crippen molar-refractivity contribution in [3.05, 3.63) is 34.9 Å². The SMILES string of the molecule is Cc1cccc(C)c1CC(=O)C1(C)CC1. The molecule has 1 aromatic rings. The summed E-state index contributed by atoms with van der Waals surface area (Å²) in [6.07, 6.45) is 2.78. The van der Waals surface area contributed by atoms with Crippen molar-refractivity contribution in [3.63, 3.8) is 0 Å². The lowest BCUT2D eigenvalue weighted by molar-refractivity contribution is -0.122. The van der Waals surface area contributed by atoms with E-state index in [9.17, 15) is 4.79 Å². The summed E-state index contributed by atoms with van der Waals surface area (Å²) >= 11 is 0. The maximum atomic E-state index is 12.0. The van der Waals surface area contributed by atoms with E-state index in [1.54, 1.807) is 0 Å². The van der Waals surface area contributed by atoms with Crippen LogP contribution in [0.5, 0.6) is 0 Å². The molecular formula is C14H18O. The molecule has 0 spiro atoms. The number of carbonyl (C=O) groups is 1. The Hall–Kier alpha value is -1.11. The molecule has 0 aliphatic heterocycles. The molecule has 0 amide bonds. The Morgan fingerprint density at radius 2 is 1.80 bits per heavy atom. The molecular weight excluding hydrogens is 184 g/mol. The van der Waals surface area contributed by atoms with Gasteiger partial charge >= 0.3 is 0 Å². The fourth-order valence-electron chi connectivity index (χ4n) is 1.97. The highest BCUT2D eigenvalue weighted by Gasteiger charge is 2.44. The van der Waals surface area contributed by atoms with Crippen LogP contribution in [-0.4, -0.2) is 5.78 Å². The molecule has 0 aromatic heterocycles. The van der Waals surface area contributed by atoms with Crippen molar-refractivity contribution in [2.24, 2.45) is 5.41 Å². The number of rotatable bonds is 3. The predicted molar refractivity (Wildman–Crippen MR) is 62.0 cm³/mol. The molecule has 1 aliphatic rings. The number of hydrogen-bond acceptors (Lipinski definition) is 1. The second-order valence-electron chi connectivity index (χ2n) is 5.03. The quantitative estimate of drug-likeness (QED) is 0.735. The van der Waals surface area contributed by atoms with Crippen LogP contribution in [0.1, 0.15) is 36.5 Å². The smallest absolute Gasteiger partial charge is 0.143 e. The van der Waals surface area contributed by atoms with Crippen LogP contribution >= 0.6 is 0 Å². The maximum Gasteiger partial charge on any atom is 0.143 e. The number of hydrogen-bond donors (Lipinski definition) is 0. The molecule has 1 nitrogen and oxygen atoms in total. The first-order valence-electron chi connectivity index (χ1n) is 5.61. The van der Waals surface area contributed by atoms with Crippen LogP contribution in [0.15, 0.2) is 18.2 Å². The molecule has 0 saturated heterocycles. The van der Waals surface area contributed by atoms with Crippen molar-refractivity contribution < 1.29 is 4.79 Å². The molecule has 1 fully saturated rings. The number of benzene rings is 1. The number of aryl methyl sites for hydroxylation is 2. The summed E-state index contributed by atoms with van der Waals surface area (Å²) in [6.45, 7) is 6.26. The third-order valence-corrected chi connectivity index (χ3v) is 3.65. The first-order valence-corrected chi connectivity index (χ1v) is 5.61. The van der Waals surface area contributed by atoms with Crippen molar-refractivity contribution in [1.29, 1.82) is 0 Å². The molecule has 0 radical (unpaired) electrons. The van der Waals surface area contributed by atoms with Gasteiger partial charge in [-0.05, 0) is 43.4 Å². The Labute approximate surface area is 91.5 Å². The maximum absolute atomic E-state index is 12.0. The highest BCUT2D eigenvalue weighted by atomic mass is 16.1. The molecule has 0 unspecified atom stereocenters. The first kappa shape index (κ1) is 10.4. The zero-order valence-electron chi connectivity index (χ0n) is 9.76. The number of Topliss-reactive ketones (excluding diaryl/α,β-unsaturated/α-hetero) is 1. The molecule has 1 aromatic carbocycles. The summed E-state index contributed by atoms with van der Waals surface area (Å²) in [6, 6.07) is 6.23. The fraction of sp³-hybridized carbons (Fsp3) is 0.500. The van der Waals surface area contributed by atoms with Gasteiger partial charge in [-0.25, -0.2) is 0 Å². The summed E-state index contributed by atoms with van der Waals surface area (Å²) in [7, 11) is 0. The Bertz CT molecular complexity index is 380. The van der Waals surface area contributed by atoms with E-state index in [2.05, 4.69) is 39.0 Å². The van der Waals surface area contributed by atoms with Crippen molar-refractivity contribution in [3.8, 4) is 0 Å². The van der Waals surface area contributed by atoms with Gasteiger partial charge in [0.25, 0.3) is 0 Å². The predicted octanol–water partition coefficient (Wildman–Crippen LogP) is 3.22. The standard InChI is InChI=1S/C14H18O/c1-10-5-4-6-11(2)12(10)9-13(15)14(3)7-8-14/h4-6H,7-9H2,1-3H3. The van der Waals surface area contributed by atoms with Crippen LogP contribution in [0.3, 0.4) is 0 Å². The first-order chi connectivity index (χ1) is 7.03. The van der Waals surface area contributed by atoms with Gasteiger partial charge in [-0.15, -0.1) is 0 Å². The molecule has 0 bridgehead atoms. The lowest BCUT2D eigenvalue weighted by atomic mass is 9.92. The Morgan fingerprint density at radius 1 is 1.27 bits per heavy atom. The topological polar surface area (TPSA) is 17.1 Å². The normalized spacial score (nSPS) is 17.5. The van der Waals surface area contributed by atoms with Crippen LogP contribution in [0, 0.1) is 19.3 Å². The summed E-state index contributed by atoms with van der Waals surface area (Å²) in [5, 5.41) is 0. The molecule has 15 heavy (non-hydrogen) atoms. The third kappa shape index (κ3) is 1.97. The second-order valence-corrected chi connectivity index (χ2v) is 5.03. The minimum atomic E-state index is 0.00865. The molecule has 0 N–H and O–H groups in total. The Kier molecular flexibility index (Phi) is 2.41. The minimum absolute atomic E-state index is 0.00865. The monoisotopic (exact) mass is 202 g/mol. The van der Waals surface area contributed by atoms with Crippen LogP contribution in [-0.2, 0) is 11.2 Å².